The van der Waals surface area contributed by atoms with E-state index in [0.29, 0.717) is 16.4 Å². The fraction of sp³-hybridized carbons (Fsp3) is 0.0526. The third-order valence-electron chi connectivity index (χ3n) is 3.29. The zero-order valence-electron chi connectivity index (χ0n) is 12.7. The molecule has 5 heteroatoms. The van der Waals surface area contributed by atoms with Gasteiger partial charge in [0.05, 0.1) is 12.3 Å². The van der Waals surface area contributed by atoms with Gasteiger partial charge in [-0.3, -0.25) is 0 Å². The summed E-state index contributed by atoms with van der Waals surface area (Å²) in [7, 11) is 0. The third-order valence-corrected chi connectivity index (χ3v) is 3.52. The highest BCUT2D eigenvalue weighted by atomic mass is 35.5. The molecule has 116 valence electrons. The summed E-state index contributed by atoms with van der Waals surface area (Å²) in [5.74, 6) is 5.49. The van der Waals surface area contributed by atoms with E-state index in [1.807, 2.05) is 19.1 Å². The van der Waals surface area contributed by atoms with Crippen LogP contribution in [-0.4, -0.2) is 9.78 Å². The van der Waals surface area contributed by atoms with E-state index in [1.165, 1.54) is 12.1 Å². The lowest BCUT2D eigenvalue weighted by Crippen LogP contribution is -1.99. The molecule has 0 bridgehead atoms. The number of rotatable bonds is 1. The van der Waals surface area contributed by atoms with E-state index in [9.17, 15) is 4.39 Å². The van der Waals surface area contributed by atoms with Crippen molar-refractivity contribution in [2.75, 3.05) is 0 Å². The van der Waals surface area contributed by atoms with Crippen molar-refractivity contribution in [3.63, 3.8) is 0 Å². The quantitative estimate of drug-likeness (QED) is 0.457. The molecule has 3 nitrogen and oxygen atoms in total. The predicted octanol–water partition coefficient (Wildman–Crippen LogP) is 4.92. The average Bonchev–Trinajstić information content (AvgIpc) is 2.93. The van der Waals surface area contributed by atoms with Gasteiger partial charge >= 0.3 is 0 Å². The fourth-order valence-corrected chi connectivity index (χ4v) is 2.44. The van der Waals surface area contributed by atoms with Crippen molar-refractivity contribution in [2.24, 2.45) is 0 Å². The molecule has 0 aliphatic rings. The maximum Gasteiger partial charge on any atom is 0.192 e. The number of aromatic nitrogens is 2. The average molecular weight is 336 g/mol. The van der Waals surface area contributed by atoms with Gasteiger partial charge in [0.1, 0.15) is 11.5 Å². The molecule has 0 aliphatic heterocycles. The Morgan fingerprint density at radius 3 is 2.75 bits per heavy atom. The standard InChI is InChI=1S/C19H11ClFN3/c1-13-8-17(7-6-14-4-3-5-15(20)9-14)23-24(13)19-11-16(21)10-18(12-19)22-2/h3-5,8-12H,1H3. The number of aryl methyl sites for hydroxylation is 1. The normalized spacial score (nSPS) is 9.92. The monoisotopic (exact) mass is 335 g/mol. The zero-order valence-corrected chi connectivity index (χ0v) is 13.5. The first kappa shape index (κ1) is 15.8. The number of hydrogen-bond donors (Lipinski definition) is 0. The SMILES string of the molecule is [C-]#[N+]c1cc(F)cc(-n2nc(C#Cc3cccc(Cl)c3)cc2C)c1. The molecule has 0 radical (unpaired) electrons. The first-order chi connectivity index (χ1) is 11.5. The van der Waals surface area contributed by atoms with E-state index in [-0.39, 0.29) is 5.69 Å². The maximum absolute atomic E-state index is 13.6. The Labute approximate surface area is 144 Å². The van der Waals surface area contributed by atoms with Gasteiger partial charge in [-0.05, 0) is 55.3 Å². The molecular formula is C19H11ClFN3. The summed E-state index contributed by atoms with van der Waals surface area (Å²) in [6.07, 6.45) is 0. The van der Waals surface area contributed by atoms with Gasteiger partial charge < -0.3 is 0 Å². The van der Waals surface area contributed by atoms with Crippen LogP contribution in [0.3, 0.4) is 0 Å². The number of halogens is 2. The minimum Gasteiger partial charge on any atom is -0.238 e. The van der Waals surface area contributed by atoms with Gasteiger partial charge in [-0.1, -0.05) is 23.6 Å². The molecule has 1 aromatic heterocycles. The molecule has 0 amide bonds. The first-order valence-electron chi connectivity index (χ1n) is 7.08. The number of hydrogen-bond acceptors (Lipinski definition) is 1. The second-order valence-corrected chi connectivity index (χ2v) is 5.56. The van der Waals surface area contributed by atoms with Crippen molar-refractivity contribution in [3.8, 4) is 17.5 Å². The fourth-order valence-electron chi connectivity index (χ4n) is 2.25. The van der Waals surface area contributed by atoms with Crippen molar-refractivity contribution in [3.05, 3.63) is 87.7 Å². The van der Waals surface area contributed by atoms with Crippen molar-refractivity contribution in [2.45, 2.75) is 6.92 Å². The van der Waals surface area contributed by atoms with Gasteiger partial charge in [-0.25, -0.2) is 13.9 Å². The van der Waals surface area contributed by atoms with Crippen LogP contribution in [0.1, 0.15) is 17.0 Å². The smallest absolute Gasteiger partial charge is 0.192 e. The highest BCUT2D eigenvalue weighted by molar-refractivity contribution is 6.30. The lowest BCUT2D eigenvalue weighted by Gasteiger charge is -2.04. The lowest BCUT2D eigenvalue weighted by molar-refractivity contribution is 0.626. The van der Waals surface area contributed by atoms with E-state index in [2.05, 4.69) is 21.8 Å². The Balaban J connectivity index is 1.97. The van der Waals surface area contributed by atoms with Crippen LogP contribution in [0.25, 0.3) is 10.5 Å². The summed E-state index contributed by atoms with van der Waals surface area (Å²) in [6, 6.07) is 13.2. The van der Waals surface area contributed by atoms with E-state index < -0.39 is 5.82 Å². The molecule has 0 saturated carbocycles. The van der Waals surface area contributed by atoms with Gasteiger partial charge in [0.15, 0.2) is 5.69 Å². The van der Waals surface area contributed by atoms with Gasteiger partial charge in [0.2, 0.25) is 0 Å². The van der Waals surface area contributed by atoms with Gasteiger partial charge in [0.25, 0.3) is 0 Å². The van der Waals surface area contributed by atoms with E-state index >= 15 is 0 Å². The molecule has 24 heavy (non-hydrogen) atoms. The third kappa shape index (κ3) is 3.46. The van der Waals surface area contributed by atoms with E-state index in [1.54, 1.807) is 28.9 Å². The Morgan fingerprint density at radius 1 is 1.17 bits per heavy atom. The minimum atomic E-state index is -0.472. The van der Waals surface area contributed by atoms with Crippen LogP contribution >= 0.6 is 11.6 Å². The second kappa shape index (κ2) is 6.58. The summed E-state index contributed by atoms with van der Waals surface area (Å²) in [5.41, 5.74) is 2.87. The Morgan fingerprint density at radius 2 is 2.00 bits per heavy atom. The molecule has 0 spiro atoms. The Bertz CT molecular complexity index is 1020. The molecule has 3 rings (SSSR count). The van der Waals surface area contributed by atoms with Crippen molar-refractivity contribution >= 4 is 17.3 Å². The second-order valence-electron chi connectivity index (χ2n) is 5.12. The van der Waals surface area contributed by atoms with Crippen LogP contribution < -0.4 is 0 Å². The molecule has 0 saturated heterocycles. The summed E-state index contributed by atoms with van der Waals surface area (Å²) >= 11 is 5.93. The maximum atomic E-state index is 13.6. The topological polar surface area (TPSA) is 22.2 Å². The molecule has 0 N–H and O–H groups in total. The number of benzene rings is 2. The number of nitrogens with zero attached hydrogens (tertiary/aromatic N) is 3. The summed E-state index contributed by atoms with van der Waals surface area (Å²) in [5, 5.41) is 4.99. The van der Waals surface area contributed by atoms with Crippen molar-refractivity contribution < 1.29 is 4.39 Å². The highest BCUT2D eigenvalue weighted by Gasteiger charge is 2.08. The molecular weight excluding hydrogens is 325 g/mol. The largest absolute Gasteiger partial charge is 0.238 e. The minimum absolute atomic E-state index is 0.228. The first-order valence-corrected chi connectivity index (χ1v) is 7.45. The van der Waals surface area contributed by atoms with Gasteiger partial charge in [-0.2, -0.15) is 5.10 Å². The van der Waals surface area contributed by atoms with Crippen LogP contribution in [0.4, 0.5) is 10.1 Å². The van der Waals surface area contributed by atoms with Gasteiger partial charge in [-0.15, -0.1) is 0 Å². The molecule has 1 heterocycles. The summed E-state index contributed by atoms with van der Waals surface area (Å²) < 4.78 is 15.2. The molecule has 2 aromatic carbocycles. The lowest BCUT2D eigenvalue weighted by atomic mass is 10.2. The van der Waals surface area contributed by atoms with Crippen LogP contribution in [-0.2, 0) is 0 Å². The van der Waals surface area contributed by atoms with Crippen molar-refractivity contribution in [1.82, 2.24) is 9.78 Å². The summed E-state index contributed by atoms with van der Waals surface area (Å²) in [6.45, 7) is 8.88. The van der Waals surface area contributed by atoms with E-state index in [4.69, 9.17) is 18.2 Å². The van der Waals surface area contributed by atoms with Crippen LogP contribution in [0, 0.1) is 31.2 Å². The van der Waals surface area contributed by atoms with Crippen LogP contribution in [0.2, 0.25) is 5.02 Å². The zero-order chi connectivity index (χ0) is 17.1. The van der Waals surface area contributed by atoms with E-state index in [0.717, 1.165) is 11.3 Å². The predicted molar refractivity (Wildman–Crippen MR) is 92.0 cm³/mol. The van der Waals surface area contributed by atoms with Gasteiger partial charge in [0, 0.05) is 16.3 Å². The molecule has 0 fully saturated rings. The highest BCUT2D eigenvalue weighted by Crippen LogP contribution is 2.21. The Kier molecular flexibility index (Phi) is 4.33. The van der Waals surface area contributed by atoms with Crippen molar-refractivity contribution in [1.29, 1.82) is 0 Å². The molecule has 3 aromatic rings. The molecule has 0 unspecified atom stereocenters. The summed E-state index contributed by atoms with van der Waals surface area (Å²) in [4.78, 5) is 3.27. The van der Waals surface area contributed by atoms with Crippen LogP contribution in [0.5, 0.6) is 0 Å². The van der Waals surface area contributed by atoms with Crippen LogP contribution in [0.15, 0.2) is 48.5 Å². The Hall–Kier alpha value is -3.08. The molecule has 0 aliphatic carbocycles. The molecule has 0 atom stereocenters.